The molecule has 90 valence electrons. The molecule has 0 amide bonds. The first-order chi connectivity index (χ1) is 7.60. The molecule has 0 radical (unpaired) electrons. The quantitative estimate of drug-likeness (QED) is 0.715. The van der Waals surface area contributed by atoms with Gasteiger partial charge in [-0.2, -0.15) is 0 Å². The summed E-state index contributed by atoms with van der Waals surface area (Å²) >= 11 is 7.09. The van der Waals surface area contributed by atoms with Crippen LogP contribution in [0.1, 0.15) is 31.2 Å². The number of hydrogen-bond acceptors (Lipinski definition) is 2. The first kappa shape index (κ1) is 13.8. The fraction of sp³-hybridized carbons (Fsp3) is 0.500. The highest BCUT2D eigenvalue weighted by atomic mass is 79.9. The van der Waals surface area contributed by atoms with Gasteiger partial charge in [-0.05, 0) is 38.5 Å². The van der Waals surface area contributed by atoms with Crippen LogP contribution in [-0.4, -0.2) is 13.2 Å². The Morgan fingerprint density at radius 3 is 2.06 bits per heavy atom. The third-order valence-electron chi connectivity index (χ3n) is 2.09. The summed E-state index contributed by atoms with van der Waals surface area (Å²) < 4.78 is 12.1. The second-order valence-corrected chi connectivity index (χ2v) is 5.53. The Hall–Kier alpha value is -0.220. The van der Waals surface area contributed by atoms with Crippen LogP contribution >= 0.6 is 31.9 Å². The van der Waals surface area contributed by atoms with Gasteiger partial charge in [-0.15, -0.1) is 0 Å². The van der Waals surface area contributed by atoms with Crippen LogP contribution in [-0.2, 0) is 0 Å². The van der Waals surface area contributed by atoms with Gasteiger partial charge in [-0.25, -0.2) is 0 Å². The minimum Gasteiger partial charge on any atom is -0.490 e. The molecule has 4 heteroatoms. The van der Waals surface area contributed by atoms with E-state index in [9.17, 15) is 0 Å². The maximum atomic E-state index is 5.57. The summed E-state index contributed by atoms with van der Waals surface area (Å²) in [5.41, 5.74) is 1.16. The van der Waals surface area contributed by atoms with Crippen LogP contribution in [0.15, 0.2) is 16.6 Å². The molecule has 0 aromatic heterocycles. The van der Waals surface area contributed by atoms with Gasteiger partial charge in [-0.1, -0.05) is 31.9 Å². The van der Waals surface area contributed by atoms with Crippen molar-refractivity contribution in [1.29, 1.82) is 0 Å². The van der Waals surface area contributed by atoms with E-state index in [4.69, 9.17) is 9.47 Å². The molecule has 1 rings (SSSR count). The molecule has 0 heterocycles. The SMILES string of the molecule is CCOc1cc(Br)c(C(C)Br)cc1OCC. The molecule has 0 bridgehead atoms. The molecule has 0 fully saturated rings. The van der Waals surface area contributed by atoms with Crippen LogP contribution < -0.4 is 9.47 Å². The van der Waals surface area contributed by atoms with Gasteiger partial charge in [0.05, 0.1) is 13.2 Å². The highest BCUT2D eigenvalue weighted by Crippen LogP contribution is 2.38. The fourth-order valence-corrected chi connectivity index (χ4v) is 2.74. The van der Waals surface area contributed by atoms with Crippen LogP contribution in [0.2, 0.25) is 0 Å². The topological polar surface area (TPSA) is 18.5 Å². The molecular weight excluding hydrogens is 336 g/mol. The summed E-state index contributed by atoms with van der Waals surface area (Å²) in [6.07, 6.45) is 0. The smallest absolute Gasteiger partial charge is 0.162 e. The van der Waals surface area contributed by atoms with Crippen molar-refractivity contribution in [3.8, 4) is 11.5 Å². The second-order valence-electron chi connectivity index (χ2n) is 3.30. The van der Waals surface area contributed by atoms with E-state index in [2.05, 4.69) is 38.8 Å². The van der Waals surface area contributed by atoms with E-state index in [1.165, 1.54) is 0 Å². The number of halogens is 2. The Bertz CT molecular complexity index is 351. The van der Waals surface area contributed by atoms with Gasteiger partial charge in [0, 0.05) is 9.30 Å². The predicted octanol–water partition coefficient (Wildman–Crippen LogP) is 4.70. The van der Waals surface area contributed by atoms with Crippen LogP contribution in [0.4, 0.5) is 0 Å². The van der Waals surface area contributed by atoms with Crippen molar-refractivity contribution in [2.75, 3.05) is 13.2 Å². The third-order valence-corrected chi connectivity index (χ3v) is 3.27. The molecule has 0 aliphatic heterocycles. The summed E-state index contributed by atoms with van der Waals surface area (Å²) in [5, 5.41) is 0. The maximum Gasteiger partial charge on any atom is 0.162 e. The van der Waals surface area contributed by atoms with Crippen molar-refractivity contribution in [1.82, 2.24) is 0 Å². The molecule has 2 nitrogen and oxygen atoms in total. The predicted molar refractivity (Wildman–Crippen MR) is 73.8 cm³/mol. The number of rotatable bonds is 5. The Morgan fingerprint density at radius 2 is 1.62 bits per heavy atom. The van der Waals surface area contributed by atoms with E-state index in [0.29, 0.717) is 13.2 Å². The Morgan fingerprint density at radius 1 is 1.12 bits per heavy atom. The van der Waals surface area contributed by atoms with Crippen LogP contribution in [0, 0.1) is 0 Å². The van der Waals surface area contributed by atoms with Crippen LogP contribution in [0.25, 0.3) is 0 Å². The van der Waals surface area contributed by atoms with Gasteiger partial charge in [0.2, 0.25) is 0 Å². The lowest BCUT2D eigenvalue weighted by molar-refractivity contribution is 0.287. The lowest BCUT2D eigenvalue weighted by Gasteiger charge is -2.15. The molecule has 0 aliphatic carbocycles. The maximum absolute atomic E-state index is 5.57. The summed E-state index contributed by atoms with van der Waals surface area (Å²) in [7, 11) is 0. The molecule has 1 atom stereocenters. The zero-order valence-corrected chi connectivity index (χ0v) is 12.9. The standard InChI is InChI=1S/C12H16Br2O2/c1-4-15-11-6-9(8(3)13)10(14)7-12(11)16-5-2/h6-8H,4-5H2,1-3H3. The summed E-state index contributed by atoms with van der Waals surface area (Å²) in [4.78, 5) is 0.275. The molecule has 0 aliphatic rings. The molecule has 16 heavy (non-hydrogen) atoms. The van der Waals surface area contributed by atoms with E-state index >= 15 is 0 Å². The number of ether oxygens (including phenoxy) is 2. The van der Waals surface area contributed by atoms with Crippen molar-refractivity contribution < 1.29 is 9.47 Å². The Balaban J connectivity index is 3.14. The Labute approximate surface area is 114 Å². The van der Waals surface area contributed by atoms with Crippen molar-refractivity contribution >= 4 is 31.9 Å². The minimum atomic E-state index is 0.275. The first-order valence-electron chi connectivity index (χ1n) is 5.33. The van der Waals surface area contributed by atoms with Crippen molar-refractivity contribution in [3.63, 3.8) is 0 Å². The average molecular weight is 352 g/mol. The summed E-state index contributed by atoms with van der Waals surface area (Å²) in [6, 6.07) is 3.97. The number of hydrogen-bond donors (Lipinski definition) is 0. The molecule has 0 saturated carbocycles. The van der Waals surface area contributed by atoms with E-state index < -0.39 is 0 Å². The first-order valence-corrected chi connectivity index (χ1v) is 7.04. The molecule has 1 aromatic rings. The lowest BCUT2D eigenvalue weighted by atomic mass is 10.1. The van der Waals surface area contributed by atoms with Gasteiger partial charge in [0.15, 0.2) is 11.5 Å². The molecule has 0 spiro atoms. The summed E-state index contributed by atoms with van der Waals surface area (Å²) in [5.74, 6) is 1.59. The minimum absolute atomic E-state index is 0.275. The van der Waals surface area contributed by atoms with Gasteiger partial charge < -0.3 is 9.47 Å². The zero-order valence-electron chi connectivity index (χ0n) is 9.72. The van der Waals surface area contributed by atoms with Crippen molar-refractivity contribution in [2.24, 2.45) is 0 Å². The van der Waals surface area contributed by atoms with Crippen LogP contribution in [0.5, 0.6) is 11.5 Å². The molecule has 0 saturated heterocycles. The molecule has 1 unspecified atom stereocenters. The van der Waals surface area contributed by atoms with E-state index in [0.717, 1.165) is 21.5 Å². The van der Waals surface area contributed by atoms with E-state index in [-0.39, 0.29) is 4.83 Å². The van der Waals surface area contributed by atoms with E-state index in [1.54, 1.807) is 0 Å². The monoisotopic (exact) mass is 350 g/mol. The molecule has 0 N–H and O–H groups in total. The fourth-order valence-electron chi connectivity index (χ4n) is 1.39. The largest absolute Gasteiger partial charge is 0.490 e. The normalized spacial score (nSPS) is 12.3. The molecule has 1 aromatic carbocycles. The highest BCUT2D eigenvalue weighted by molar-refractivity contribution is 9.11. The second kappa shape index (κ2) is 6.50. The van der Waals surface area contributed by atoms with Gasteiger partial charge in [0.25, 0.3) is 0 Å². The van der Waals surface area contributed by atoms with Gasteiger partial charge in [0.1, 0.15) is 0 Å². The third kappa shape index (κ3) is 3.39. The van der Waals surface area contributed by atoms with Crippen molar-refractivity contribution in [3.05, 3.63) is 22.2 Å². The number of benzene rings is 1. The lowest BCUT2D eigenvalue weighted by Crippen LogP contribution is -2.00. The highest BCUT2D eigenvalue weighted by Gasteiger charge is 2.13. The zero-order chi connectivity index (χ0) is 12.1. The molecular formula is C12H16Br2O2. The number of alkyl halides is 1. The van der Waals surface area contributed by atoms with Gasteiger partial charge in [-0.3, -0.25) is 0 Å². The Kier molecular flexibility index (Phi) is 5.62. The summed E-state index contributed by atoms with van der Waals surface area (Å²) in [6.45, 7) is 7.28. The van der Waals surface area contributed by atoms with Gasteiger partial charge >= 0.3 is 0 Å². The average Bonchev–Trinajstić information content (AvgIpc) is 2.22. The van der Waals surface area contributed by atoms with E-state index in [1.807, 2.05) is 26.0 Å². The van der Waals surface area contributed by atoms with Crippen LogP contribution in [0.3, 0.4) is 0 Å². The van der Waals surface area contributed by atoms with Crippen molar-refractivity contribution in [2.45, 2.75) is 25.6 Å².